The average Bonchev–Trinajstić information content (AvgIpc) is 3.24. The van der Waals surface area contributed by atoms with Gasteiger partial charge in [-0.05, 0) is 48.0 Å². The van der Waals surface area contributed by atoms with Gasteiger partial charge in [-0.15, -0.1) is 11.8 Å². The van der Waals surface area contributed by atoms with Gasteiger partial charge in [0.25, 0.3) is 5.91 Å². The van der Waals surface area contributed by atoms with Crippen LogP contribution in [0.2, 0.25) is 0 Å². The van der Waals surface area contributed by atoms with Crippen molar-refractivity contribution in [3.05, 3.63) is 72.3 Å². The number of methoxy groups -OCH3 is 3. The van der Waals surface area contributed by atoms with Crippen LogP contribution in [0.1, 0.15) is 10.4 Å². The number of amides is 1. The molecule has 0 radical (unpaired) electrons. The summed E-state index contributed by atoms with van der Waals surface area (Å²) >= 11 is 1.71. The van der Waals surface area contributed by atoms with E-state index in [1.807, 2.05) is 36.4 Å². The third-order valence-corrected chi connectivity index (χ3v) is 6.41. The summed E-state index contributed by atoms with van der Waals surface area (Å²) in [6.45, 7) is 0.518. The first-order chi connectivity index (χ1) is 16.1. The fraction of sp³-hybridized carbons (Fsp3) is 0.192. The Bertz CT molecular complexity index is 1230. The fourth-order valence-electron chi connectivity index (χ4n) is 3.59. The molecule has 1 aromatic heterocycles. The van der Waals surface area contributed by atoms with Crippen LogP contribution in [-0.4, -0.2) is 44.5 Å². The SMILES string of the molecule is COc1ccc(-c2[nH]c3ccccc3c2SCCNC(=O)c2cc(OC)cc(OC)c2)cc1. The highest BCUT2D eigenvalue weighted by Gasteiger charge is 2.14. The van der Waals surface area contributed by atoms with Crippen molar-refractivity contribution in [2.75, 3.05) is 33.6 Å². The number of hydrogen-bond acceptors (Lipinski definition) is 5. The number of hydrogen-bond donors (Lipinski definition) is 2. The summed E-state index contributed by atoms with van der Waals surface area (Å²) in [6, 6.07) is 21.4. The number of H-pyrrole nitrogens is 1. The summed E-state index contributed by atoms with van der Waals surface area (Å²) in [6.07, 6.45) is 0. The Balaban J connectivity index is 1.48. The van der Waals surface area contributed by atoms with E-state index in [4.69, 9.17) is 14.2 Å². The largest absolute Gasteiger partial charge is 0.497 e. The van der Waals surface area contributed by atoms with Crippen LogP contribution in [0.5, 0.6) is 17.2 Å². The van der Waals surface area contributed by atoms with Gasteiger partial charge in [0.05, 0.1) is 27.0 Å². The molecule has 0 unspecified atom stereocenters. The Morgan fingerprint density at radius 2 is 1.55 bits per heavy atom. The second kappa shape index (κ2) is 10.4. The monoisotopic (exact) mass is 462 g/mol. The first-order valence-corrected chi connectivity index (χ1v) is 11.5. The van der Waals surface area contributed by atoms with Gasteiger partial charge in [-0.25, -0.2) is 0 Å². The van der Waals surface area contributed by atoms with Gasteiger partial charge in [-0.2, -0.15) is 0 Å². The maximum absolute atomic E-state index is 12.7. The predicted octanol–water partition coefficient (Wildman–Crippen LogP) is 5.38. The van der Waals surface area contributed by atoms with Gasteiger partial charge in [0.2, 0.25) is 0 Å². The van der Waals surface area contributed by atoms with E-state index in [-0.39, 0.29) is 5.91 Å². The van der Waals surface area contributed by atoms with Crippen molar-refractivity contribution >= 4 is 28.6 Å². The van der Waals surface area contributed by atoms with Gasteiger partial charge in [0.1, 0.15) is 17.2 Å². The molecular formula is C26H26N2O4S. The molecule has 0 aliphatic heterocycles. The lowest BCUT2D eigenvalue weighted by Gasteiger charge is -2.10. The van der Waals surface area contributed by atoms with Crippen molar-refractivity contribution in [3.63, 3.8) is 0 Å². The smallest absolute Gasteiger partial charge is 0.251 e. The summed E-state index contributed by atoms with van der Waals surface area (Å²) in [7, 11) is 4.79. The maximum Gasteiger partial charge on any atom is 0.251 e. The average molecular weight is 463 g/mol. The molecule has 1 amide bonds. The molecule has 170 valence electrons. The van der Waals surface area contributed by atoms with Crippen molar-refractivity contribution in [3.8, 4) is 28.5 Å². The molecule has 7 heteroatoms. The molecule has 1 heterocycles. The first kappa shape index (κ1) is 22.6. The summed E-state index contributed by atoms with van der Waals surface area (Å²) in [5.74, 6) is 2.54. The number of para-hydroxylation sites is 1. The van der Waals surface area contributed by atoms with Crippen molar-refractivity contribution < 1.29 is 19.0 Å². The van der Waals surface area contributed by atoms with Crippen molar-refractivity contribution in [2.45, 2.75) is 4.90 Å². The van der Waals surface area contributed by atoms with Crippen LogP contribution in [0.3, 0.4) is 0 Å². The first-order valence-electron chi connectivity index (χ1n) is 10.5. The van der Waals surface area contributed by atoms with Gasteiger partial charge in [0.15, 0.2) is 0 Å². The summed E-state index contributed by atoms with van der Waals surface area (Å²) in [5, 5.41) is 4.15. The van der Waals surface area contributed by atoms with Gasteiger partial charge in [-0.3, -0.25) is 4.79 Å². The number of ether oxygens (including phenoxy) is 3. The van der Waals surface area contributed by atoms with Gasteiger partial charge in [-0.1, -0.05) is 18.2 Å². The van der Waals surface area contributed by atoms with E-state index >= 15 is 0 Å². The van der Waals surface area contributed by atoms with E-state index < -0.39 is 0 Å². The van der Waals surface area contributed by atoms with Crippen molar-refractivity contribution in [1.29, 1.82) is 0 Å². The van der Waals surface area contributed by atoms with E-state index in [9.17, 15) is 4.79 Å². The Labute approximate surface area is 197 Å². The minimum atomic E-state index is -0.165. The number of nitrogens with one attached hydrogen (secondary N) is 2. The zero-order chi connectivity index (χ0) is 23.2. The van der Waals surface area contributed by atoms with E-state index in [1.165, 1.54) is 0 Å². The van der Waals surface area contributed by atoms with Gasteiger partial charge in [0, 0.05) is 39.7 Å². The van der Waals surface area contributed by atoms with Crippen LogP contribution in [0.15, 0.2) is 71.6 Å². The highest BCUT2D eigenvalue weighted by atomic mass is 32.2. The molecule has 3 aromatic carbocycles. The topological polar surface area (TPSA) is 72.6 Å². The van der Waals surface area contributed by atoms with Crippen LogP contribution >= 0.6 is 11.8 Å². The number of aromatic amines is 1. The van der Waals surface area contributed by atoms with Crippen LogP contribution in [0, 0.1) is 0 Å². The highest BCUT2D eigenvalue weighted by Crippen LogP contribution is 2.38. The van der Waals surface area contributed by atoms with Crippen molar-refractivity contribution in [2.24, 2.45) is 0 Å². The lowest BCUT2D eigenvalue weighted by atomic mass is 10.1. The Morgan fingerprint density at radius 3 is 2.21 bits per heavy atom. The minimum Gasteiger partial charge on any atom is -0.497 e. The molecule has 0 saturated carbocycles. The summed E-state index contributed by atoms with van der Waals surface area (Å²) in [4.78, 5) is 17.4. The molecule has 0 atom stereocenters. The van der Waals surface area contributed by atoms with Crippen molar-refractivity contribution in [1.82, 2.24) is 10.3 Å². The molecule has 6 nitrogen and oxygen atoms in total. The molecule has 0 bridgehead atoms. The summed E-state index contributed by atoms with van der Waals surface area (Å²) in [5.41, 5.74) is 3.73. The van der Waals surface area contributed by atoms with Crippen LogP contribution in [0.4, 0.5) is 0 Å². The number of carbonyl (C=O) groups excluding carboxylic acids is 1. The quantitative estimate of drug-likeness (QED) is 0.258. The number of thioether (sulfide) groups is 1. The Morgan fingerprint density at radius 1 is 0.879 bits per heavy atom. The standard InChI is InChI=1S/C26H26N2O4S/c1-30-19-10-8-17(9-11-19)24-25(22-6-4-5-7-23(22)28-24)33-13-12-27-26(29)18-14-20(31-2)16-21(15-18)32-3/h4-11,14-16,28H,12-13H2,1-3H3,(H,27,29). The third kappa shape index (κ3) is 5.09. The van der Waals surface area contributed by atoms with E-state index in [0.29, 0.717) is 23.6 Å². The second-order valence-corrected chi connectivity index (χ2v) is 8.41. The number of carbonyl (C=O) groups is 1. The van der Waals surface area contributed by atoms with Crippen LogP contribution < -0.4 is 19.5 Å². The lowest BCUT2D eigenvalue weighted by Crippen LogP contribution is -2.25. The number of rotatable bonds is 9. The normalized spacial score (nSPS) is 10.8. The van der Waals surface area contributed by atoms with Gasteiger partial charge >= 0.3 is 0 Å². The van der Waals surface area contributed by atoms with E-state index in [2.05, 4.69) is 22.4 Å². The molecule has 4 aromatic rings. The lowest BCUT2D eigenvalue weighted by molar-refractivity contribution is 0.0955. The molecule has 0 fully saturated rings. The van der Waals surface area contributed by atoms with Crippen LogP contribution in [-0.2, 0) is 0 Å². The molecule has 0 saturated heterocycles. The molecule has 0 spiro atoms. The Hall–Kier alpha value is -3.58. The zero-order valence-electron chi connectivity index (χ0n) is 18.8. The summed E-state index contributed by atoms with van der Waals surface area (Å²) < 4.78 is 15.8. The second-order valence-electron chi connectivity index (χ2n) is 7.31. The molecule has 0 aliphatic rings. The highest BCUT2D eigenvalue weighted by molar-refractivity contribution is 7.99. The minimum absolute atomic E-state index is 0.165. The molecule has 4 rings (SSSR count). The van der Waals surface area contributed by atoms with E-state index in [0.717, 1.165) is 38.6 Å². The number of aromatic nitrogens is 1. The number of fused-ring (bicyclic) bond motifs is 1. The maximum atomic E-state index is 12.7. The molecule has 0 aliphatic carbocycles. The molecule has 33 heavy (non-hydrogen) atoms. The predicted molar refractivity (Wildman–Crippen MR) is 133 cm³/mol. The molecule has 2 N–H and O–H groups in total. The Kier molecular flexibility index (Phi) is 7.10. The number of benzene rings is 3. The van der Waals surface area contributed by atoms with Gasteiger partial charge < -0.3 is 24.5 Å². The van der Waals surface area contributed by atoms with Crippen LogP contribution in [0.25, 0.3) is 22.2 Å². The van der Waals surface area contributed by atoms with E-state index in [1.54, 1.807) is 51.3 Å². The third-order valence-electron chi connectivity index (χ3n) is 5.28. The fourth-order valence-corrected chi connectivity index (χ4v) is 4.64. The zero-order valence-corrected chi connectivity index (χ0v) is 19.6. The molecular weight excluding hydrogens is 436 g/mol.